The molecule has 0 radical (unpaired) electrons. The first-order chi connectivity index (χ1) is 7.24. The number of hydrogen-bond acceptors (Lipinski definition) is 2. The molecule has 0 saturated carbocycles. The van der Waals surface area contributed by atoms with Crippen LogP contribution in [0.2, 0.25) is 0 Å². The SMILES string of the molecule is CC=CC(=O)NCCCN1CCCC1=O. The van der Waals surface area contributed by atoms with E-state index in [0.717, 1.165) is 25.9 Å². The highest BCUT2D eigenvalue weighted by molar-refractivity contribution is 5.87. The van der Waals surface area contributed by atoms with Gasteiger partial charge in [-0.15, -0.1) is 0 Å². The highest BCUT2D eigenvalue weighted by Gasteiger charge is 2.18. The van der Waals surface area contributed by atoms with Crippen molar-refractivity contribution in [2.24, 2.45) is 0 Å². The maximum atomic E-state index is 11.2. The molecule has 0 aliphatic carbocycles. The zero-order valence-corrected chi connectivity index (χ0v) is 9.16. The summed E-state index contributed by atoms with van der Waals surface area (Å²) in [4.78, 5) is 24.1. The molecule has 1 heterocycles. The Balaban J connectivity index is 2.06. The van der Waals surface area contributed by atoms with Crippen molar-refractivity contribution >= 4 is 11.8 Å². The van der Waals surface area contributed by atoms with Gasteiger partial charge in [0.05, 0.1) is 0 Å². The average molecular weight is 210 g/mol. The largest absolute Gasteiger partial charge is 0.352 e. The summed E-state index contributed by atoms with van der Waals surface area (Å²) in [5.41, 5.74) is 0. The smallest absolute Gasteiger partial charge is 0.243 e. The third kappa shape index (κ3) is 4.14. The lowest BCUT2D eigenvalue weighted by Gasteiger charge is -2.14. The van der Waals surface area contributed by atoms with Gasteiger partial charge in [-0.05, 0) is 25.8 Å². The number of allylic oxidation sites excluding steroid dienone is 1. The molecule has 15 heavy (non-hydrogen) atoms. The normalized spacial score (nSPS) is 16.3. The predicted molar refractivity (Wildman–Crippen MR) is 58.3 cm³/mol. The number of carbonyl (C=O) groups is 2. The Labute approximate surface area is 90.3 Å². The molecule has 84 valence electrons. The fourth-order valence-electron chi connectivity index (χ4n) is 1.63. The molecule has 0 aromatic heterocycles. The molecule has 1 rings (SSSR count). The summed E-state index contributed by atoms with van der Waals surface area (Å²) in [6.45, 7) is 4.08. The number of likely N-dealkylation sites (tertiary alicyclic amines) is 1. The van der Waals surface area contributed by atoms with E-state index in [4.69, 9.17) is 0 Å². The number of nitrogens with zero attached hydrogens (tertiary/aromatic N) is 1. The van der Waals surface area contributed by atoms with Gasteiger partial charge in [0.25, 0.3) is 0 Å². The molecule has 0 aromatic rings. The van der Waals surface area contributed by atoms with E-state index < -0.39 is 0 Å². The zero-order chi connectivity index (χ0) is 11.1. The second-order valence-corrected chi connectivity index (χ2v) is 3.63. The maximum absolute atomic E-state index is 11.2. The van der Waals surface area contributed by atoms with Crippen molar-refractivity contribution in [2.75, 3.05) is 19.6 Å². The molecule has 1 aliphatic heterocycles. The summed E-state index contributed by atoms with van der Waals surface area (Å²) in [6, 6.07) is 0. The van der Waals surface area contributed by atoms with Crippen LogP contribution in [0.4, 0.5) is 0 Å². The van der Waals surface area contributed by atoms with Crippen LogP contribution < -0.4 is 5.32 Å². The summed E-state index contributed by atoms with van der Waals surface area (Å²) in [6.07, 6.45) is 5.70. The molecular weight excluding hydrogens is 192 g/mol. The third-order valence-electron chi connectivity index (χ3n) is 2.39. The molecule has 1 fully saturated rings. The second-order valence-electron chi connectivity index (χ2n) is 3.63. The molecule has 1 aliphatic rings. The third-order valence-corrected chi connectivity index (χ3v) is 2.39. The molecule has 4 nitrogen and oxygen atoms in total. The number of hydrogen-bond donors (Lipinski definition) is 1. The summed E-state index contributed by atoms with van der Waals surface area (Å²) in [5.74, 6) is 0.181. The van der Waals surface area contributed by atoms with Gasteiger partial charge in [0.1, 0.15) is 0 Å². The molecule has 0 bridgehead atoms. The van der Waals surface area contributed by atoms with Gasteiger partial charge in [0.2, 0.25) is 11.8 Å². The van der Waals surface area contributed by atoms with Crippen LogP contribution in [-0.2, 0) is 9.59 Å². The predicted octanol–water partition coefficient (Wildman–Crippen LogP) is 0.691. The molecule has 1 saturated heterocycles. The molecular formula is C11H18N2O2. The number of nitrogens with one attached hydrogen (secondary N) is 1. The van der Waals surface area contributed by atoms with Gasteiger partial charge in [0, 0.05) is 26.1 Å². The average Bonchev–Trinajstić information content (AvgIpc) is 2.60. The highest BCUT2D eigenvalue weighted by Crippen LogP contribution is 2.09. The lowest BCUT2D eigenvalue weighted by molar-refractivity contribution is -0.127. The van der Waals surface area contributed by atoms with Crippen LogP contribution in [0.25, 0.3) is 0 Å². The van der Waals surface area contributed by atoms with Crippen LogP contribution >= 0.6 is 0 Å². The highest BCUT2D eigenvalue weighted by atomic mass is 16.2. The number of amides is 2. The Bertz CT molecular complexity index is 261. The van der Waals surface area contributed by atoms with Gasteiger partial charge in [-0.25, -0.2) is 0 Å². The molecule has 4 heteroatoms. The first kappa shape index (κ1) is 11.8. The minimum absolute atomic E-state index is 0.0646. The van der Waals surface area contributed by atoms with Crippen LogP contribution in [0, 0.1) is 0 Å². The van der Waals surface area contributed by atoms with E-state index in [2.05, 4.69) is 5.32 Å². The monoisotopic (exact) mass is 210 g/mol. The van der Waals surface area contributed by atoms with E-state index in [1.54, 1.807) is 6.08 Å². The maximum Gasteiger partial charge on any atom is 0.243 e. The minimum atomic E-state index is -0.0646. The number of rotatable bonds is 5. The Morgan fingerprint density at radius 2 is 2.40 bits per heavy atom. The molecule has 2 amide bonds. The van der Waals surface area contributed by atoms with Gasteiger partial charge in [0.15, 0.2) is 0 Å². The fourth-order valence-corrected chi connectivity index (χ4v) is 1.63. The quantitative estimate of drug-likeness (QED) is 0.536. The zero-order valence-electron chi connectivity index (χ0n) is 9.16. The van der Waals surface area contributed by atoms with Crippen molar-refractivity contribution in [3.05, 3.63) is 12.2 Å². The van der Waals surface area contributed by atoms with Crippen molar-refractivity contribution in [3.63, 3.8) is 0 Å². The Morgan fingerprint density at radius 1 is 1.60 bits per heavy atom. The summed E-state index contributed by atoms with van der Waals surface area (Å²) < 4.78 is 0. The first-order valence-electron chi connectivity index (χ1n) is 5.42. The van der Waals surface area contributed by atoms with Gasteiger partial charge < -0.3 is 10.2 Å². The minimum Gasteiger partial charge on any atom is -0.352 e. The molecule has 0 atom stereocenters. The van der Waals surface area contributed by atoms with Crippen molar-refractivity contribution < 1.29 is 9.59 Å². The van der Waals surface area contributed by atoms with Gasteiger partial charge in [-0.1, -0.05) is 6.08 Å². The van der Waals surface area contributed by atoms with Gasteiger partial charge in [-0.3, -0.25) is 9.59 Å². The van der Waals surface area contributed by atoms with Crippen LogP contribution in [0.15, 0.2) is 12.2 Å². The standard InChI is InChI=1S/C11H18N2O2/c1-2-5-10(14)12-7-4-9-13-8-3-6-11(13)15/h2,5H,3-4,6-9H2,1H3,(H,12,14). The van der Waals surface area contributed by atoms with Crippen LogP contribution in [-0.4, -0.2) is 36.3 Å². The number of carbonyl (C=O) groups excluding carboxylic acids is 2. The van der Waals surface area contributed by atoms with Crippen molar-refractivity contribution in [2.45, 2.75) is 26.2 Å². The summed E-state index contributed by atoms with van der Waals surface area (Å²) >= 11 is 0. The molecule has 1 N–H and O–H groups in total. The van der Waals surface area contributed by atoms with Gasteiger partial charge in [-0.2, -0.15) is 0 Å². The molecule has 0 spiro atoms. The molecule has 0 aromatic carbocycles. The topological polar surface area (TPSA) is 49.4 Å². The summed E-state index contributed by atoms with van der Waals surface area (Å²) in [7, 11) is 0. The lowest BCUT2D eigenvalue weighted by atomic mass is 10.3. The van der Waals surface area contributed by atoms with Crippen LogP contribution in [0.1, 0.15) is 26.2 Å². The Hall–Kier alpha value is -1.32. The van der Waals surface area contributed by atoms with E-state index >= 15 is 0 Å². The second kappa shape index (κ2) is 6.22. The van der Waals surface area contributed by atoms with E-state index in [-0.39, 0.29) is 11.8 Å². The van der Waals surface area contributed by atoms with Crippen LogP contribution in [0.5, 0.6) is 0 Å². The van der Waals surface area contributed by atoms with E-state index in [0.29, 0.717) is 13.0 Å². The Kier molecular flexibility index (Phi) is 4.87. The van der Waals surface area contributed by atoms with Crippen LogP contribution in [0.3, 0.4) is 0 Å². The Morgan fingerprint density at radius 3 is 3.00 bits per heavy atom. The van der Waals surface area contributed by atoms with Crippen molar-refractivity contribution in [1.82, 2.24) is 10.2 Å². The lowest BCUT2D eigenvalue weighted by Crippen LogP contribution is -2.29. The van der Waals surface area contributed by atoms with E-state index in [1.165, 1.54) is 6.08 Å². The van der Waals surface area contributed by atoms with Gasteiger partial charge >= 0.3 is 0 Å². The first-order valence-corrected chi connectivity index (χ1v) is 5.42. The molecule has 0 unspecified atom stereocenters. The fraction of sp³-hybridized carbons (Fsp3) is 0.636. The summed E-state index contributed by atoms with van der Waals surface area (Å²) in [5, 5.41) is 2.76. The van der Waals surface area contributed by atoms with E-state index in [9.17, 15) is 9.59 Å². The van der Waals surface area contributed by atoms with Crippen molar-refractivity contribution in [1.29, 1.82) is 0 Å². The van der Waals surface area contributed by atoms with E-state index in [1.807, 2.05) is 11.8 Å². The van der Waals surface area contributed by atoms with Crippen molar-refractivity contribution in [3.8, 4) is 0 Å².